The lowest BCUT2D eigenvalue weighted by Crippen LogP contribution is -2.42. The van der Waals surface area contributed by atoms with Crippen LogP contribution in [-0.4, -0.2) is 38.8 Å². The zero-order chi connectivity index (χ0) is 21.0. The van der Waals surface area contributed by atoms with Gasteiger partial charge < -0.3 is 15.4 Å². The number of rotatable bonds is 5. The van der Waals surface area contributed by atoms with E-state index in [1.165, 1.54) is 18.3 Å². The summed E-state index contributed by atoms with van der Waals surface area (Å²) in [5.41, 5.74) is 0.612. The molecule has 2 aromatic heterocycles. The molecular formula is C20H26FN5O3. The number of carbonyl (C=O) groups is 2. The van der Waals surface area contributed by atoms with E-state index in [0.29, 0.717) is 12.2 Å². The maximum atomic E-state index is 13.6. The molecule has 2 unspecified atom stereocenters. The number of nitrogens with zero attached hydrogens (tertiary/aromatic N) is 2. The first-order valence-corrected chi connectivity index (χ1v) is 9.63. The number of H-pyrrole nitrogens is 1. The van der Waals surface area contributed by atoms with E-state index in [1.807, 2.05) is 20.8 Å². The molecule has 2 amide bonds. The Balaban J connectivity index is 1.51. The van der Waals surface area contributed by atoms with E-state index in [0.717, 1.165) is 18.5 Å². The molecule has 0 saturated heterocycles. The predicted octanol–water partition coefficient (Wildman–Crippen LogP) is 3.29. The highest BCUT2D eigenvalue weighted by molar-refractivity contribution is 5.91. The molecule has 1 aliphatic rings. The molecule has 8 nitrogen and oxygen atoms in total. The molecule has 156 valence electrons. The second kappa shape index (κ2) is 8.59. The van der Waals surface area contributed by atoms with Crippen molar-refractivity contribution >= 4 is 17.8 Å². The van der Waals surface area contributed by atoms with Crippen LogP contribution >= 0.6 is 0 Å². The Morgan fingerprint density at radius 1 is 1.34 bits per heavy atom. The van der Waals surface area contributed by atoms with Crippen molar-refractivity contribution in [2.75, 3.05) is 5.32 Å². The number of ether oxygens (including phenoxy) is 1. The van der Waals surface area contributed by atoms with Crippen LogP contribution in [0.3, 0.4) is 0 Å². The van der Waals surface area contributed by atoms with Crippen LogP contribution in [0.5, 0.6) is 0 Å². The van der Waals surface area contributed by atoms with E-state index < -0.39 is 17.8 Å². The second-order valence-electron chi connectivity index (χ2n) is 8.28. The lowest BCUT2D eigenvalue weighted by molar-refractivity contribution is -0.115. The number of nitrogens with one attached hydrogen (secondary N) is 3. The van der Waals surface area contributed by atoms with Crippen molar-refractivity contribution in [3.05, 3.63) is 41.6 Å². The van der Waals surface area contributed by atoms with Gasteiger partial charge in [-0.15, -0.1) is 0 Å². The minimum atomic E-state index is -0.516. The largest absolute Gasteiger partial charge is 0.446 e. The fraction of sp³-hybridized carbons (Fsp3) is 0.500. The van der Waals surface area contributed by atoms with E-state index in [9.17, 15) is 14.0 Å². The van der Waals surface area contributed by atoms with Gasteiger partial charge in [-0.25, -0.2) is 9.18 Å². The number of halogens is 1. The highest BCUT2D eigenvalue weighted by atomic mass is 19.1. The molecule has 0 aromatic carbocycles. The summed E-state index contributed by atoms with van der Waals surface area (Å²) in [5.74, 6) is -0.380. The maximum Gasteiger partial charge on any atom is 0.407 e. The topological polar surface area (TPSA) is 109 Å². The van der Waals surface area contributed by atoms with Gasteiger partial charge in [0.15, 0.2) is 5.82 Å². The summed E-state index contributed by atoms with van der Waals surface area (Å²) in [5, 5.41) is 12.5. The zero-order valence-electron chi connectivity index (χ0n) is 16.8. The van der Waals surface area contributed by atoms with Crippen molar-refractivity contribution in [2.24, 2.45) is 0 Å². The Bertz CT molecular complexity index is 877. The number of carbonyl (C=O) groups excluding carboxylic acids is 2. The Morgan fingerprint density at radius 3 is 2.86 bits per heavy atom. The summed E-state index contributed by atoms with van der Waals surface area (Å²) in [6.45, 7) is 5.69. The van der Waals surface area contributed by atoms with Gasteiger partial charge in [0.2, 0.25) is 5.91 Å². The van der Waals surface area contributed by atoms with Gasteiger partial charge >= 0.3 is 6.09 Å². The fourth-order valence-electron chi connectivity index (χ4n) is 3.31. The lowest BCUT2D eigenvalue weighted by atomic mass is 10.0. The summed E-state index contributed by atoms with van der Waals surface area (Å²) in [6, 6.07) is 4.50. The Hall–Kier alpha value is -2.97. The van der Waals surface area contributed by atoms with Gasteiger partial charge in [-0.3, -0.25) is 14.9 Å². The molecule has 9 heteroatoms. The molecule has 0 bridgehead atoms. The summed E-state index contributed by atoms with van der Waals surface area (Å²) >= 11 is 0. The van der Waals surface area contributed by atoms with Crippen molar-refractivity contribution in [1.29, 1.82) is 0 Å². The van der Waals surface area contributed by atoms with Gasteiger partial charge in [0, 0.05) is 29.4 Å². The molecule has 1 saturated carbocycles. The average Bonchev–Trinajstić information content (AvgIpc) is 3.24. The average molecular weight is 403 g/mol. The minimum Gasteiger partial charge on any atom is -0.446 e. The van der Waals surface area contributed by atoms with Gasteiger partial charge in [-0.05, 0) is 52.2 Å². The second-order valence-corrected chi connectivity index (χ2v) is 8.28. The molecule has 0 aliphatic heterocycles. The number of hydrogen-bond acceptors (Lipinski definition) is 5. The summed E-state index contributed by atoms with van der Waals surface area (Å²) in [4.78, 5) is 27.9. The van der Waals surface area contributed by atoms with Crippen LogP contribution in [-0.2, 0) is 16.0 Å². The first kappa shape index (κ1) is 20.8. The molecular weight excluding hydrogens is 377 g/mol. The standard InChI is InChI=1S/C20H26FN5O3/c1-20(2,3)24-19(28)29-13-7-6-12(9-13)15-10-17(26-25-15)23-18(27)11-16-14(21)5-4-8-22-16/h4-5,8,10,12-13H,6-7,9,11H2,1-3H3,(H,24,28)(H2,23,25,26,27). The van der Waals surface area contributed by atoms with Gasteiger partial charge in [-0.1, -0.05) is 0 Å². The van der Waals surface area contributed by atoms with Crippen molar-refractivity contribution < 1.29 is 18.7 Å². The molecule has 2 aromatic rings. The summed E-state index contributed by atoms with van der Waals surface area (Å²) in [7, 11) is 0. The highest BCUT2D eigenvalue weighted by Crippen LogP contribution is 2.35. The number of alkyl carbamates (subject to hydrolysis) is 1. The van der Waals surface area contributed by atoms with Crippen LogP contribution in [0.2, 0.25) is 0 Å². The van der Waals surface area contributed by atoms with Crippen LogP contribution in [0, 0.1) is 5.82 Å². The minimum absolute atomic E-state index is 0.0880. The zero-order valence-corrected chi connectivity index (χ0v) is 16.8. The summed E-state index contributed by atoms with van der Waals surface area (Å²) in [6.07, 6.45) is 3.00. The van der Waals surface area contributed by atoms with Crippen LogP contribution in [0.1, 0.15) is 57.3 Å². The molecule has 2 atom stereocenters. The van der Waals surface area contributed by atoms with Crippen molar-refractivity contribution in [3.8, 4) is 0 Å². The summed E-state index contributed by atoms with van der Waals surface area (Å²) < 4.78 is 19.1. The van der Waals surface area contributed by atoms with E-state index in [2.05, 4.69) is 25.8 Å². The van der Waals surface area contributed by atoms with Gasteiger partial charge in [0.25, 0.3) is 0 Å². The quantitative estimate of drug-likeness (QED) is 0.710. The molecule has 2 heterocycles. The van der Waals surface area contributed by atoms with E-state index in [4.69, 9.17) is 4.74 Å². The van der Waals surface area contributed by atoms with Crippen LogP contribution in [0.25, 0.3) is 0 Å². The van der Waals surface area contributed by atoms with Crippen LogP contribution in [0.15, 0.2) is 24.4 Å². The molecule has 1 fully saturated rings. The van der Waals surface area contributed by atoms with Gasteiger partial charge in [0.1, 0.15) is 11.9 Å². The van der Waals surface area contributed by atoms with E-state index >= 15 is 0 Å². The molecule has 3 N–H and O–H groups in total. The number of hydrogen-bond donors (Lipinski definition) is 3. The normalized spacial score (nSPS) is 19.0. The van der Waals surface area contributed by atoms with Gasteiger partial charge in [-0.2, -0.15) is 5.10 Å². The molecule has 0 spiro atoms. The first-order valence-electron chi connectivity index (χ1n) is 9.63. The highest BCUT2D eigenvalue weighted by Gasteiger charge is 2.30. The van der Waals surface area contributed by atoms with Crippen molar-refractivity contribution in [1.82, 2.24) is 20.5 Å². The molecule has 3 rings (SSSR count). The maximum absolute atomic E-state index is 13.6. The number of aromatic amines is 1. The number of aromatic nitrogens is 3. The number of pyridine rings is 1. The van der Waals surface area contributed by atoms with E-state index in [1.54, 1.807) is 6.07 Å². The fourth-order valence-corrected chi connectivity index (χ4v) is 3.31. The number of amides is 2. The molecule has 0 radical (unpaired) electrons. The molecule has 29 heavy (non-hydrogen) atoms. The predicted molar refractivity (Wildman–Crippen MR) is 105 cm³/mol. The lowest BCUT2D eigenvalue weighted by Gasteiger charge is -2.22. The third-order valence-corrected chi connectivity index (χ3v) is 4.60. The SMILES string of the molecule is CC(C)(C)NC(=O)OC1CCC(c2cc(NC(=O)Cc3ncccc3F)n[nH]2)C1. The van der Waals surface area contributed by atoms with Crippen molar-refractivity contribution in [2.45, 2.75) is 64.0 Å². The first-order chi connectivity index (χ1) is 13.7. The monoisotopic (exact) mass is 403 g/mol. The van der Waals surface area contributed by atoms with Crippen molar-refractivity contribution in [3.63, 3.8) is 0 Å². The Morgan fingerprint density at radius 2 is 2.14 bits per heavy atom. The van der Waals surface area contributed by atoms with Crippen LogP contribution < -0.4 is 10.6 Å². The van der Waals surface area contributed by atoms with Gasteiger partial charge in [0.05, 0.1) is 12.1 Å². The number of anilines is 1. The third-order valence-electron chi connectivity index (χ3n) is 4.60. The van der Waals surface area contributed by atoms with E-state index in [-0.39, 0.29) is 29.7 Å². The Kier molecular flexibility index (Phi) is 6.14. The van der Waals surface area contributed by atoms with Crippen LogP contribution in [0.4, 0.5) is 15.0 Å². The third kappa shape index (κ3) is 6.00. The Labute approximate surface area is 168 Å². The molecule has 1 aliphatic carbocycles. The smallest absolute Gasteiger partial charge is 0.407 e.